The highest BCUT2D eigenvalue weighted by molar-refractivity contribution is 5.98. The maximum absolute atomic E-state index is 12.2. The number of carbonyl (C=O) groups excluding carboxylic acids is 1. The van der Waals surface area contributed by atoms with Gasteiger partial charge >= 0.3 is 5.97 Å². The number of nitrogens with one attached hydrogen (secondary N) is 1. The number of carboxylic acid groups (broad SMARTS) is 1. The Kier molecular flexibility index (Phi) is 5.40. The predicted molar refractivity (Wildman–Crippen MR) is 76.2 cm³/mol. The third-order valence-corrected chi connectivity index (χ3v) is 3.51. The van der Waals surface area contributed by atoms with Crippen LogP contribution in [0.15, 0.2) is 18.2 Å². The third-order valence-electron chi connectivity index (χ3n) is 3.51. The summed E-state index contributed by atoms with van der Waals surface area (Å²) in [5, 5.41) is 22.5. The number of carbonyl (C=O) groups is 2. The second kappa shape index (κ2) is 6.83. The lowest BCUT2D eigenvalue weighted by Gasteiger charge is -2.20. The summed E-state index contributed by atoms with van der Waals surface area (Å²) in [6, 6.07) is 3.11. The molecule has 0 radical (unpaired) electrons. The Morgan fingerprint density at radius 2 is 2.05 bits per heavy atom. The standard InChI is InChI=1S/C14H18N2O5/c1-4-8(2)12(14(18)19)15-13(17)10-6-5-7-11(9(10)3)16(20)21/h5-8,12H,4H2,1-3H3,(H,15,17)(H,18,19). The van der Waals surface area contributed by atoms with Gasteiger partial charge in [-0.15, -0.1) is 0 Å². The Bertz CT molecular complexity index is 570. The fourth-order valence-corrected chi connectivity index (χ4v) is 1.97. The van der Waals surface area contributed by atoms with Gasteiger partial charge in [-0.05, 0) is 18.9 Å². The Labute approximate surface area is 122 Å². The molecular weight excluding hydrogens is 276 g/mol. The summed E-state index contributed by atoms with van der Waals surface area (Å²) < 4.78 is 0. The number of nitro groups is 1. The topological polar surface area (TPSA) is 110 Å². The van der Waals surface area contributed by atoms with Crippen LogP contribution in [0.1, 0.15) is 36.2 Å². The van der Waals surface area contributed by atoms with Crippen LogP contribution >= 0.6 is 0 Å². The molecule has 1 rings (SSSR count). The van der Waals surface area contributed by atoms with Gasteiger partial charge in [-0.1, -0.05) is 26.3 Å². The van der Waals surface area contributed by atoms with Crippen LogP contribution in [0, 0.1) is 23.0 Å². The van der Waals surface area contributed by atoms with E-state index >= 15 is 0 Å². The summed E-state index contributed by atoms with van der Waals surface area (Å²) in [6.07, 6.45) is 0.588. The van der Waals surface area contributed by atoms with Crippen molar-refractivity contribution in [2.75, 3.05) is 0 Å². The zero-order valence-corrected chi connectivity index (χ0v) is 12.1. The number of nitro benzene ring substituents is 1. The van der Waals surface area contributed by atoms with Gasteiger partial charge in [-0.2, -0.15) is 0 Å². The number of amides is 1. The minimum atomic E-state index is -1.12. The van der Waals surface area contributed by atoms with Crippen LogP contribution in [0.3, 0.4) is 0 Å². The van der Waals surface area contributed by atoms with E-state index in [1.807, 2.05) is 6.92 Å². The fourth-order valence-electron chi connectivity index (χ4n) is 1.97. The number of hydrogen-bond acceptors (Lipinski definition) is 4. The van der Waals surface area contributed by atoms with E-state index in [1.165, 1.54) is 25.1 Å². The van der Waals surface area contributed by atoms with Crippen LogP contribution in [0.2, 0.25) is 0 Å². The first-order valence-corrected chi connectivity index (χ1v) is 6.57. The molecular formula is C14H18N2O5. The van der Waals surface area contributed by atoms with Crippen molar-refractivity contribution >= 4 is 17.6 Å². The average molecular weight is 294 g/mol. The number of nitrogens with zero attached hydrogens (tertiary/aromatic N) is 1. The normalized spacial score (nSPS) is 13.3. The molecule has 2 atom stereocenters. The van der Waals surface area contributed by atoms with Gasteiger partial charge in [-0.3, -0.25) is 14.9 Å². The van der Waals surface area contributed by atoms with Gasteiger partial charge < -0.3 is 10.4 Å². The van der Waals surface area contributed by atoms with Crippen molar-refractivity contribution in [3.05, 3.63) is 39.4 Å². The summed E-state index contributed by atoms with van der Waals surface area (Å²) >= 11 is 0. The van der Waals surface area contributed by atoms with Crippen LogP contribution in [0.25, 0.3) is 0 Å². The molecule has 0 aliphatic carbocycles. The van der Waals surface area contributed by atoms with Crippen molar-refractivity contribution < 1.29 is 19.6 Å². The van der Waals surface area contributed by atoms with E-state index in [0.29, 0.717) is 6.42 Å². The zero-order chi connectivity index (χ0) is 16.2. The maximum atomic E-state index is 12.2. The molecule has 1 aromatic carbocycles. The van der Waals surface area contributed by atoms with Gasteiger partial charge in [0.1, 0.15) is 6.04 Å². The van der Waals surface area contributed by atoms with Crippen molar-refractivity contribution in [2.45, 2.75) is 33.2 Å². The van der Waals surface area contributed by atoms with Crippen molar-refractivity contribution in [1.82, 2.24) is 5.32 Å². The second-order valence-electron chi connectivity index (χ2n) is 4.88. The molecule has 0 fully saturated rings. The van der Waals surface area contributed by atoms with E-state index in [4.69, 9.17) is 5.11 Å². The SMILES string of the molecule is CCC(C)C(NC(=O)c1cccc([N+](=O)[O-])c1C)C(=O)O. The van der Waals surface area contributed by atoms with E-state index in [9.17, 15) is 19.7 Å². The molecule has 2 N–H and O–H groups in total. The largest absolute Gasteiger partial charge is 0.480 e. The van der Waals surface area contributed by atoms with Crippen LogP contribution in [0.5, 0.6) is 0 Å². The minimum absolute atomic E-state index is 0.110. The van der Waals surface area contributed by atoms with Gasteiger partial charge in [0.15, 0.2) is 0 Å². The molecule has 0 spiro atoms. The van der Waals surface area contributed by atoms with Crippen molar-refractivity contribution in [3.8, 4) is 0 Å². The van der Waals surface area contributed by atoms with Gasteiger partial charge in [0, 0.05) is 17.2 Å². The van der Waals surface area contributed by atoms with E-state index in [0.717, 1.165) is 0 Å². The summed E-state index contributed by atoms with van der Waals surface area (Å²) in [6.45, 7) is 5.01. The molecule has 114 valence electrons. The van der Waals surface area contributed by atoms with Crippen LogP contribution < -0.4 is 5.32 Å². The van der Waals surface area contributed by atoms with Crippen LogP contribution in [-0.4, -0.2) is 27.9 Å². The first-order valence-electron chi connectivity index (χ1n) is 6.57. The van der Waals surface area contributed by atoms with E-state index in [2.05, 4.69) is 5.32 Å². The molecule has 1 aromatic rings. The van der Waals surface area contributed by atoms with Crippen molar-refractivity contribution in [3.63, 3.8) is 0 Å². The van der Waals surface area contributed by atoms with Gasteiger partial charge in [0.25, 0.3) is 11.6 Å². The molecule has 0 saturated heterocycles. The first-order chi connectivity index (χ1) is 9.79. The van der Waals surface area contributed by atoms with E-state index in [-0.39, 0.29) is 22.7 Å². The molecule has 0 aliphatic rings. The second-order valence-corrected chi connectivity index (χ2v) is 4.88. The van der Waals surface area contributed by atoms with Crippen LogP contribution in [-0.2, 0) is 4.79 Å². The van der Waals surface area contributed by atoms with Crippen LogP contribution in [0.4, 0.5) is 5.69 Å². The number of aliphatic carboxylic acids is 1. The highest BCUT2D eigenvalue weighted by Crippen LogP contribution is 2.21. The number of rotatable bonds is 6. The fraction of sp³-hybridized carbons (Fsp3) is 0.429. The first kappa shape index (κ1) is 16.6. The monoisotopic (exact) mass is 294 g/mol. The van der Waals surface area contributed by atoms with E-state index < -0.39 is 22.8 Å². The lowest BCUT2D eigenvalue weighted by Crippen LogP contribution is -2.45. The summed E-state index contributed by atoms with van der Waals surface area (Å²) in [5.74, 6) is -1.99. The quantitative estimate of drug-likeness (QED) is 0.617. The molecule has 21 heavy (non-hydrogen) atoms. The summed E-state index contributed by atoms with van der Waals surface area (Å²) in [7, 11) is 0. The van der Waals surface area contributed by atoms with Gasteiger partial charge in [0.2, 0.25) is 0 Å². The Morgan fingerprint density at radius 3 is 2.52 bits per heavy atom. The highest BCUT2D eigenvalue weighted by Gasteiger charge is 2.27. The zero-order valence-electron chi connectivity index (χ0n) is 12.1. The van der Waals surface area contributed by atoms with Gasteiger partial charge in [-0.25, -0.2) is 4.79 Å². The lowest BCUT2D eigenvalue weighted by molar-refractivity contribution is -0.385. The molecule has 0 saturated carbocycles. The Morgan fingerprint density at radius 1 is 1.43 bits per heavy atom. The number of benzene rings is 1. The lowest BCUT2D eigenvalue weighted by atomic mass is 9.98. The molecule has 0 bridgehead atoms. The molecule has 0 aliphatic heterocycles. The van der Waals surface area contributed by atoms with Crippen molar-refractivity contribution in [2.24, 2.45) is 5.92 Å². The molecule has 2 unspecified atom stereocenters. The molecule has 7 heteroatoms. The minimum Gasteiger partial charge on any atom is -0.480 e. The predicted octanol–water partition coefficient (Wildman–Crippen LogP) is 2.13. The smallest absolute Gasteiger partial charge is 0.326 e. The molecule has 7 nitrogen and oxygen atoms in total. The summed E-state index contributed by atoms with van der Waals surface area (Å²) in [4.78, 5) is 33.7. The summed E-state index contributed by atoms with van der Waals surface area (Å²) in [5.41, 5.74) is 0.158. The Hall–Kier alpha value is -2.44. The van der Waals surface area contributed by atoms with Gasteiger partial charge in [0.05, 0.1) is 4.92 Å². The third kappa shape index (κ3) is 3.77. The maximum Gasteiger partial charge on any atom is 0.326 e. The highest BCUT2D eigenvalue weighted by atomic mass is 16.6. The average Bonchev–Trinajstić information content (AvgIpc) is 2.43. The van der Waals surface area contributed by atoms with Crippen molar-refractivity contribution in [1.29, 1.82) is 0 Å². The molecule has 0 aromatic heterocycles. The Balaban J connectivity index is 3.06. The molecule has 0 heterocycles. The number of carboxylic acids is 1. The molecule has 1 amide bonds. The number of hydrogen-bond donors (Lipinski definition) is 2. The van der Waals surface area contributed by atoms with E-state index in [1.54, 1.807) is 6.92 Å².